The van der Waals surface area contributed by atoms with Crippen LogP contribution < -0.4 is 0 Å². The van der Waals surface area contributed by atoms with Crippen molar-refractivity contribution in [2.75, 3.05) is 0 Å². The Morgan fingerprint density at radius 3 is 1.21 bits per heavy atom. The van der Waals surface area contributed by atoms with Crippen molar-refractivity contribution in [2.45, 2.75) is 13.8 Å². The maximum atomic E-state index is 10.8. The predicted octanol–water partition coefficient (Wildman–Crippen LogP) is 4.33. The molecular formula is C20H18O4. The Morgan fingerprint density at radius 1 is 0.667 bits per heavy atom. The molecule has 2 rings (SSSR count). The Bertz CT molecular complexity index is 738. The van der Waals surface area contributed by atoms with Gasteiger partial charge >= 0.3 is 11.9 Å². The molecule has 0 amide bonds. The van der Waals surface area contributed by atoms with Gasteiger partial charge in [-0.25, -0.2) is 9.59 Å². The highest BCUT2D eigenvalue weighted by atomic mass is 16.4. The second-order valence-electron chi connectivity index (χ2n) is 5.51. The first-order valence-corrected chi connectivity index (χ1v) is 7.40. The molecule has 0 bridgehead atoms. The Balaban J connectivity index is 2.21. The van der Waals surface area contributed by atoms with Gasteiger partial charge in [0.15, 0.2) is 0 Å². The molecule has 2 N–H and O–H groups in total. The van der Waals surface area contributed by atoms with E-state index in [1.165, 1.54) is 0 Å². The number of carbonyl (C=O) groups is 2. The largest absolute Gasteiger partial charge is 0.478 e. The van der Waals surface area contributed by atoms with Gasteiger partial charge in [0.2, 0.25) is 0 Å². The minimum absolute atomic E-state index is 0.285. The van der Waals surface area contributed by atoms with Gasteiger partial charge in [0.05, 0.1) is 0 Å². The van der Waals surface area contributed by atoms with Crippen LogP contribution in [0.3, 0.4) is 0 Å². The van der Waals surface area contributed by atoms with Gasteiger partial charge in [-0.3, -0.25) is 0 Å². The van der Waals surface area contributed by atoms with Crippen LogP contribution in [0.2, 0.25) is 0 Å². The van der Waals surface area contributed by atoms with Crippen LogP contribution in [-0.4, -0.2) is 22.2 Å². The Hall–Kier alpha value is -3.14. The normalized spacial score (nSPS) is 12.1. The fraction of sp³-hybridized carbons (Fsp3) is 0.100. The summed E-state index contributed by atoms with van der Waals surface area (Å²) in [4.78, 5) is 21.7. The van der Waals surface area contributed by atoms with E-state index in [0.29, 0.717) is 0 Å². The third-order valence-corrected chi connectivity index (χ3v) is 3.60. The van der Waals surface area contributed by atoms with Crippen molar-refractivity contribution in [1.29, 1.82) is 0 Å². The van der Waals surface area contributed by atoms with Crippen molar-refractivity contribution in [2.24, 2.45) is 0 Å². The molecule has 0 unspecified atom stereocenters. The van der Waals surface area contributed by atoms with E-state index in [1.54, 1.807) is 26.0 Å². The summed E-state index contributed by atoms with van der Waals surface area (Å²) in [5.41, 5.74) is 4.24. The van der Waals surface area contributed by atoms with E-state index in [4.69, 9.17) is 10.2 Å². The maximum Gasteiger partial charge on any atom is 0.331 e. The van der Waals surface area contributed by atoms with Gasteiger partial charge in [-0.15, -0.1) is 0 Å². The first kappa shape index (κ1) is 17.2. The molecule has 0 saturated carbocycles. The highest BCUT2D eigenvalue weighted by molar-refractivity contribution is 5.92. The number of hydrogen-bond donors (Lipinski definition) is 2. The van der Waals surface area contributed by atoms with Crippen molar-refractivity contribution in [3.05, 3.63) is 70.8 Å². The van der Waals surface area contributed by atoms with Crippen LogP contribution in [0.25, 0.3) is 23.3 Å². The topological polar surface area (TPSA) is 74.6 Å². The second-order valence-corrected chi connectivity index (χ2v) is 5.51. The van der Waals surface area contributed by atoms with E-state index in [-0.39, 0.29) is 11.1 Å². The van der Waals surface area contributed by atoms with Crippen molar-refractivity contribution in [3.63, 3.8) is 0 Å². The lowest BCUT2D eigenvalue weighted by Crippen LogP contribution is -1.95. The molecule has 4 nitrogen and oxygen atoms in total. The molecular weight excluding hydrogens is 304 g/mol. The van der Waals surface area contributed by atoms with Gasteiger partial charge in [-0.1, -0.05) is 48.5 Å². The zero-order valence-corrected chi connectivity index (χ0v) is 13.5. The zero-order chi connectivity index (χ0) is 17.7. The molecule has 0 heterocycles. The summed E-state index contributed by atoms with van der Waals surface area (Å²) in [5, 5.41) is 17.8. The van der Waals surface area contributed by atoms with Gasteiger partial charge < -0.3 is 10.2 Å². The lowest BCUT2D eigenvalue weighted by molar-refractivity contribution is -0.133. The summed E-state index contributed by atoms with van der Waals surface area (Å²) in [6.45, 7) is 3.11. The van der Waals surface area contributed by atoms with E-state index in [0.717, 1.165) is 22.3 Å². The number of carboxylic acid groups (broad SMARTS) is 2. The summed E-state index contributed by atoms with van der Waals surface area (Å²) < 4.78 is 0. The second kappa shape index (κ2) is 7.42. The molecule has 0 aliphatic rings. The van der Waals surface area contributed by atoms with Crippen LogP contribution in [0.4, 0.5) is 0 Å². The molecule has 2 aromatic rings. The molecule has 2 aromatic carbocycles. The lowest BCUT2D eigenvalue weighted by Gasteiger charge is -2.04. The summed E-state index contributed by atoms with van der Waals surface area (Å²) in [7, 11) is 0. The molecule has 0 radical (unpaired) electrons. The quantitative estimate of drug-likeness (QED) is 0.804. The van der Waals surface area contributed by atoms with Gasteiger partial charge in [0, 0.05) is 11.1 Å². The standard InChI is InChI=1S/C20H18O4/c1-13(19(21)22)11-15-3-7-17(8-4-15)18-9-5-16(6-10-18)12-14(2)20(23)24/h3-12H,1-2H3,(H,21,22)(H,23,24). The fourth-order valence-electron chi connectivity index (χ4n) is 2.17. The average Bonchev–Trinajstić information content (AvgIpc) is 2.56. The maximum absolute atomic E-state index is 10.8. The van der Waals surface area contributed by atoms with Gasteiger partial charge in [0.1, 0.15) is 0 Å². The van der Waals surface area contributed by atoms with Crippen LogP contribution in [0.5, 0.6) is 0 Å². The van der Waals surface area contributed by atoms with E-state index >= 15 is 0 Å². The van der Waals surface area contributed by atoms with Crippen molar-refractivity contribution in [1.82, 2.24) is 0 Å². The number of benzene rings is 2. The van der Waals surface area contributed by atoms with E-state index in [9.17, 15) is 9.59 Å². The van der Waals surface area contributed by atoms with Crippen LogP contribution in [0, 0.1) is 0 Å². The molecule has 0 fully saturated rings. The van der Waals surface area contributed by atoms with Gasteiger partial charge in [-0.2, -0.15) is 0 Å². The smallest absolute Gasteiger partial charge is 0.331 e. The first-order valence-electron chi connectivity index (χ1n) is 7.40. The van der Waals surface area contributed by atoms with Crippen LogP contribution in [0.1, 0.15) is 25.0 Å². The lowest BCUT2D eigenvalue weighted by atomic mass is 10.0. The van der Waals surface area contributed by atoms with Gasteiger partial charge in [0.25, 0.3) is 0 Å². The average molecular weight is 322 g/mol. The SMILES string of the molecule is CC(=Cc1ccc(-c2ccc(C=C(C)C(=O)O)cc2)cc1)C(=O)O. The molecule has 0 aliphatic carbocycles. The minimum atomic E-state index is -0.931. The fourth-order valence-corrected chi connectivity index (χ4v) is 2.17. The Morgan fingerprint density at radius 2 is 0.958 bits per heavy atom. The van der Waals surface area contributed by atoms with Crippen molar-refractivity contribution < 1.29 is 19.8 Å². The number of carboxylic acids is 2. The molecule has 122 valence electrons. The molecule has 4 heteroatoms. The highest BCUT2D eigenvalue weighted by Gasteiger charge is 2.02. The Labute approximate surface area is 140 Å². The zero-order valence-electron chi connectivity index (χ0n) is 13.5. The van der Waals surface area contributed by atoms with E-state index < -0.39 is 11.9 Å². The van der Waals surface area contributed by atoms with Crippen LogP contribution in [-0.2, 0) is 9.59 Å². The molecule has 0 saturated heterocycles. The van der Waals surface area contributed by atoms with Crippen LogP contribution in [0.15, 0.2) is 59.7 Å². The summed E-state index contributed by atoms with van der Waals surface area (Å²) in [6.07, 6.45) is 3.24. The number of hydrogen-bond acceptors (Lipinski definition) is 2. The van der Waals surface area contributed by atoms with E-state index in [1.807, 2.05) is 48.5 Å². The summed E-state index contributed by atoms with van der Waals surface area (Å²) in [6, 6.07) is 15.2. The van der Waals surface area contributed by atoms with Crippen molar-refractivity contribution >= 4 is 24.1 Å². The number of aliphatic carboxylic acids is 2. The van der Waals surface area contributed by atoms with Gasteiger partial charge in [-0.05, 0) is 48.3 Å². The minimum Gasteiger partial charge on any atom is -0.478 e. The number of rotatable bonds is 5. The third-order valence-electron chi connectivity index (χ3n) is 3.60. The third kappa shape index (κ3) is 4.43. The molecule has 0 atom stereocenters. The molecule has 0 spiro atoms. The molecule has 24 heavy (non-hydrogen) atoms. The summed E-state index contributed by atoms with van der Waals surface area (Å²) >= 11 is 0. The monoisotopic (exact) mass is 322 g/mol. The predicted molar refractivity (Wildman–Crippen MR) is 94.5 cm³/mol. The summed E-state index contributed by atoms with van der Waals surface area (Å²) in [5.74, 6) is -1.86. The Kier molecular flexibility index (Phi) is 5.32. The molecule has 0 aliphatic heterocycles. The first-order chi connectivity index (χ1) is 11.4. The van der Waals surface area contributed by atoms with Crippen LogP contribution >= 0.6 is 0 Å². The molecule has 0 aromatic heterocycles. The van der Waals surface area contributed by atoms with Crippen molar-refractivity contribution in [3.8, 4) is 11.1 Å². The van der Waals surface area contributed by atoms with E-state index in [2.05, 4.69) is 0 Å². The highest BCUT2D eigenvalue weighted by Crippen LogP contribution is 2.22.